The third-order valence-corrected chi connectivity index (χ3v) is 4.75. The van der Waals surface area contributed by atoms with Crippen LogP contribution in [0, 0.1) is 6.92 Å². The lowest BCUT2D eigenvalue weighted by Crippen LogP contribution is -2.25. The number of pyridine rings is 1. The minimum absolute atomic E-state index is 0.132. The summed E-state index contributed by atoms with van der Waals surface area (Å²) >= 11 is 5.92. The van der Waals surface area contributed by atoms with E-state index in [1.54, 1.807) is 24.7 Å². The number of aromatic nitrogens is 3. The summed E-state index contributed by atoms with van der Waals surface area (Å²) in [6, 6.07) is 7.32. The van der Waals surface area contributed by atoms with Gasteiger partial charge in [-0.25, -0.2) is 4.98 Å². The van der Waals surface area contributed by atoms with Crippen LogP contribution in [0.5, 0.6) is 11.5 Å². The summed E-state index contributed by atoms with van der Waals surface area (Å²) in [5.74, 6) is 0.677. The van der Waals surface area contributed by atoms with Crippen LogP contribution in [0.1, 0.15) is 17.0 Å². The first-order valence-corrected chi connectivity index (χ1v) is 8.80. The van der Waals surface area contributed by atoms with Gasteiger partial charge >= 0.3 is 0 Å². The Morgan fingerprint density at radius 1 is 1.31 bits per heavy atom. The maximum absolute atomic E-state index is 10.5. The predicted molar refractivity (Wildman–Crippen MR) is 99.3 cm³/mol. The molecule has 6 nitrogen and oxygen atoms in total. The van der Waals surface area contributed by atoms with E-state index in [0.717, 1.165) is 41.3 Å². The number of nitrogens with one attached hydrogen (secondary N) is 1. The van der Waals surface area contributed by atoms with Crippen LogP contribution in [-0.2, 0) is 13.1 Å². The van der Waals surface area contributed by atoms with Gasteiger partial charge in [0.1, 0.15) is 6.61 Å². The van der Waals surface area contributed by atoms with Gasteiger partial charge in [-0.05, 0) is 31.2 Å². The van der Waals surface area contributed by atoms with E-state index in [2.05, 4.69) is 19.9 Å². The first-order valence-electron chi connectivity index (χ1n) is 8.42. The van der Waals surface area contributed by atoms with Crippen LogP contribution < -0.4 is 4.74 Å². The fourth-order valence-electron chi connectivity index (χ4n) is 3.14. The van der Waals surface area contributed by atoms with E-state index in [4.69, 9.17) is 16.3 Å². The molecule has 0 bridgehead atoms. The molecule has 0 aliphatic carbocycles. The average molecular weight is 371 g/mol. The summed E-state index contributed by atoms with van der Waals surface area (Å²) in [5, 5.41) is 11.0. The number of aromatic amines is 1. The second-order valence-corrected chi connectivity index (χ2v) is 6.82. The van der Waals surface area contributed by atoms with Crippen molar-refractivity contribution in [3.05, 3.63) is 58.8 Å². The minimum Gasteiger partial charge on any atom is -0.504 e. The van der Waals surface area contributed by atoms with E-state index < -0.39 is 0 Å². The zero-order chi connectivity index (χ0) is 18.1. The molecule has 1 aromatic carbocycles. The van der Waals surface area contributed by atoms with Crippen molar-refractivity contribution in [1.82, 2.24) is 19.9 Å². The highest BCUT2D eigenvalue weighted by Crippen LogP contribution is 2.37. The van der Waals surface area contributed by atoms with Gasteiger partial charge in [0, 0.05) is 42.7 Å². The largest absolute Gasteiger partial charge is 0.504 e. The molecule has 0 radical (unpaired) electrons. The second kappa shape index (κ2) is 6.97. The standard InChI is InChI=1S/C19H19ClN4O2/c1-12-17(23-11-22-12)10-24-4-5-26-19-14(9-24)6-13(7-18(19)25)16-3-2-15(20)8-21-16/h2-3,6-8,11,25H,4-5,9-10H2,1H3,(H,22,23). The van der Waals surface area contributed by atoms with Gasteiger partial charge < -0.3 is 14.8 Å². The molecular formula is C19H19ClN4O2. The molecule has 1 aliphatic heterocycles. The zero-order valence-electron chi connectivity index (χ0n) is 14.4. The van der Waals surface area contributed by atoms with Crippen LogP contribution in [0.4, 0.5) is 0 Å². The molecule has 2 aromatic heterocycles. The van der Waals surface area contributed by atoms with E-state index in [0.29, 0.717) is 23.9 Å². The number of benzene rings is 1. The van der Waals surface area contributed by atoms with Crippen molar-refractivity contribution in [2.75, 3.05) is 13.2 Å². The van der Waals surface area contributed by atoms with Crippen molar-refractivity contribution < 1.29 is 9.84 Å². The van der Waals surface area contributed by atoms with E-state index in [9.17, 15) is 5.11 Å². The molecule has 0 saturated heterocycles. The molecule has 0 fully saturated rings. The van der Waals surface area contributed by atoms with Gasteiger partial charge in [-0.3, -0.25) is 9.88 Å². The number of phenolic OH excluding ortho intramolecular Hbond substituents is 1. The monoisotopic (exact) mass is 370 g/mol. The number of aromatic hydroxyl groups is 1. The molecular weight excluding hydrogens is 352 g/mol. The van der Waals surface area contributed by atoms with Crippen molar-refractivity contribution in [2.24, 2.45) is 0 Å². The van der Waals surface area contributed by atoms with Crippen molar-refractivity contribution >= 4 is 11.6 Å². The highest BCUT2D eigenvalue weighted by atomic mass is 35.5. The maximum atomic E-state index is 10.5. The van der Waals surface area contributed by atoms with Crippen LogP contribution >= 0.6 is 11.6 Å². The molecule has 7 heteroatoms. The molecule has 0 saturated carbocycles. The van der Waals surface area contributed by atoms with Crippen molar-refractivity contribution in [3.8, 4) is 22.8 Å². The van der Waals surface area contributed by atoms with Crippen LogP contribution in [-0.4, -0.2) is 38.1 Å². The third-order valence-electron chi connectivity index (χ3n) is 4.52. The lowest BCUT2D eigenvalue weighted by atomic mass is 10.0. The van der Waals surface area contributed by atoms with Crippen LogP contribution in [0.15, 0.2) is 36.8 Å². The molecule has 0 atom stereocenters. The summed E-state index contributed by atoms with van der Waals surface area (Å²) in [7, 11) is 0. The Labute approximate surface area is 156 Å². The summed E-state index contributed by atoms with van der Waals surface area (Å²) in [6.07, 6.45) is 3.31. The molecule has 0 spiro atoms. The highest BCUT2D eigenvalue weighted by molar-refractivity contribution is 6.30. The number of nitrogens with zero attached hydrogens (tertiary/aromatic N) is 3. The average Bonchev–Trinajstić information content (AvgIpc) is 2.90. The van der Waals surface area contributed by atoms with E-state index in [-0.39, 0.29) is 5.75 Å². The number of ether oxygens (including phenoxy) is 1. The molecule has 0 amide bonds. The fourth-order valence-corrected chi connectivity index (χ4v) is 3.25. The quantitative estimate of drug-likeness (QED) is 0.737. The second-order valence-electron chi connectivity index (χ2n) is 6.38. The van der Waals surface area contributed by atoms with Gasteiger partial charge in [0.25, 0.3) is 0 Å². The minimum atomic E-state index is 0.132. The Morgan fingerprint density at radius 3 is 2.92 bits per heavy atom. The number of rotatable bonds is 3. The van der Waals surface area contributed by atoms with E-state index in [1.165, 1.54) is 0 Å². The van der Waals surface area contributed by atoms with Gasteiger partial charge in [0.05, 0.1) is 22.7 Å². The first kappa shape index (κ1) is 16.9. The molecule has 134 valence electrons. The smallest absolute Gasteiger partial charge is 0.165 e. The van der Waals surface area contributed by atoms with Gasteiger partial charge in [-0.1, -0.05) is 11.6 Å². The fraction of sp³-hybridized carbons (Fsp3) is 0.263. The number of hydrogen-bond acceptors (Lipinski definition) is 5. The van der Waals surface area contributed by atoms with Crippen molar-refractivity contribution in [3.63, 3.8) is 0 Å². The first-order chi connectivity index (χ1) is 12.6. The zero-order valence-corrected chi connectivity index (χ0v) is 15.1. The Balaban J connectivity index is 1.65. The van der Waals surface area contributed by atoms with Crippen LogP contribution in [0.25, 0.3) is 11.3 Å². The van der Waals surface area contributed by atoms with Gasteiger partial charge in [0.15, 0.2) is 11.5 Å². The SMILES string of the molecule is Cc1[nH]cnc1CN1CCOc2c(O)cc(-c3ccc(Cl)cn3)cc2C1. The van der Waals surface area contributed by atoms with Crippen LogP contribution in [0.2, 0.25) is 5.02 Å². The highest BCUT2D eigenvalue weighted by Gasteiger charge is 2.21. The Hall–Kier alpha value is -2.57. The van der Waals surface area contributed by atoms with Gasteiger partial charge in [0.2, 0.25) is 0 Å². The number of hydrogen-bond donors (Lipinski definition) is 2. The Morgan fingerprint density at radius 2 is 2.19 bits per heavy atom. The molecule has 4 rings (SSSR count). The Bertz CT molecular complexity index is 924. The summed E-state index contributed by atoms with van der Waals surface area (Å²) < 4.78 is 5.81. The normalized spacial score (nSPS) is 14.5. The Kier molecular flexibility index (Phi) is 4.53. The third kappa shape index (κ3) is 3.38. The molecule has 26 heavy (non-hydrogen) atoms. The number of halogens is 1. The van der Waals surface area contributed by atoms with Crippen molar-refractivity contribution in [2.45, 2.75) is 20.0 Å². The topological polar surface area (TPSA) is 74.3 Å². The van der Waals surface area contributed by atoms with Gasteiger partial charge in [-0.2, -0.15) is 0 Å². The maximum Gasteiger partial charge on any atom is 0.165 e. The number of aryl methyl sites for hydroxylation is 1. The number of imidazole rings is 1. The predicted octanol–water partition coefficient (Wildman–Crippen LogP) is 3.53. The lowest BCUT2D eigenvalue weighted by molar-refractivity contribution is 0.215. The van der Waals surface area contributed by atoms with Crippen LogP contribution in [0.3, 0.4) is 0 Å². The number of fused-ring (bicyclic) bond motifs is 1. The van der Waals surface area contributed by atoms with E-state index >= 15 is 0 Å². The molecule has 3 aromatic rings. The summed E-state index contributed by atoms with van der Waals surface area (Å²) in [5.41, 5.74) is 4.61. The lowest BCUT2D eigenvalue weighted by Gasteiger charge is -2.18. The molecule has 2 N–H and O–H groups in total. The molecule has 1 aliphatic rings. The number of H-pyrrole nitrogens is 1. The van der Waals surface area contributed by atoms with Gasteiger partial charge in [-0.15, -0.1) is 0 Å². The summed E-state index contributed by atoms with van der Waals surface area (Å²) in [6.45, 7) is 4.68. The van der Waals surface area contributed by atoms with E-state index in [1.807, 2.05) is 19.1 Å². The molecule has 0 unspecified atom stereocenters. The van der Waals surface area contributed by atoms with Crippen molar-refractivity contribution in [1.29, 1.82) is 0 Å². The summed E-state index contributed by atoms with van der Waals surface area (Å²) in [4.78, 5) is 14.1. The molecule has 3 heterocycles. The number of phenols is 1.